The highest BCUT2D eigenvalue weighted by molar-refractivity contribution is 5.10. The number of rotatable bonds is 3. The Morgan fingerprint density at radius 3 is 2.72 bits per heavy atom. The van der Waals surface area contributed by atoms with Crippen LogP contribution in [0.1, 0.15) is 23.9 Å². The standard InChI is InChI=1S/C12H16N4O2/c1-4-16-10(5-9(3)14-16)7-15-6-8(2)11(17)13-12(15)18/h5-6H,4,7H2,1-3H3,(H,13,17,18). The molecule has 0 bridgehead atoms. The average Bonchev–Trinajstić information content (AvgIpc) is 2.66. The van der Waals surface area contributed by atoms with E-state index in [-0.39, 0.29) is 5.56 Å². The number of aryl methyl sites for hydroxylation is 3. The summed E-state index contributed by atoms with van der Waals surface area (Å²) < 4.78 is 3.33. The molecule has 0 saturated heterocycles. The van der Waals surface area contributed by atoms with E-state index >= 15 is 0 Å². The van der Waals surface area contributed by atoms with Crippen molar-refractivity contribution in [1.82, 2.24) is 19.3 Å². The van der Waals surface area contributed by atoms with Gasteiger partial charge in [-0.1, -0.05) is 0 Å². The predicted octanol–water partition coefficient (Wildman–Crippen LogP) is 0.418. The van der Waals surface area contributed by atoms with E-state index in [0.717, 1.165) is 17.9 Å². The summed E-state index contributed by atoms with van der Waals surface area (Å²) >= 11 is 0. The largest absolute Gasteiger partial charge is 0.328 e. The molecule has 2 heterocycles. The van der Waals surface area contributed by atoms with Gasteiger partial charge in [0.1, 0.15) is 0 Å². The van der Waals surface area contributed by atoms with E-state index in [1.54, 1.807) is 13.1 Å². The molecule has 0 aromatic carbocycles. The Morgan fingerprint density at radius 2 is 2.06 bits per heavy atom. The second-order valence-corrected chi connectivity index (χ2v) is 4.29. The Kier molecular flexibility index (Phi) is 3.18. The van der Waals surface area contributed by atoms with Crippen LogP contribution in [0.25, 0.3) is 0 Å². The van der Waals surface area contributed by atoms with Crippen molar-refractivity contribution in [2.45, 2.75) is 33.9 Å². The third-order valence-electron chi connectivity index (χ3n) is 2.81. The van der Waals surface area contributed by atoms with E-state index in [4.69, 9.17) is 0 Å². The molecule has 0 amide bonds. The lowest BCUT2D eigenvalue weighted by Crippen LogP contribution is -2.31. The first-order valence-corrected chi connectivity index (χ1v) is 5.85. The maximum atomic E-state index is 11.7. The SMILES string of the molecule is CCn1nc(C)cc1Cn1cc(C)c(=O)[nH]c1=O. The van der Waals surface area contributed by atoms with Gasteiger partial charge in [0.05, 0.1) is 17.9 Å². The molecule has 0 radical (unpaired) electrons. The Hall–Kier alpha value is -2.11. The minimum absolute atomic E-state index is 0.337. The van der Waals surface area contributed by atoms with E-state index < -0.39 is 5.69 Å². The van der Waals surface area contributed by atoms with Crippen molar-refractivity contribution in [2.24, 2.45) is 0 Å². The van der Waals surface area contributed by atoms with Gasteiger partial charge in [0, 0.05) is 18.3 Å². The zero-order chi connectivity index (χ0) is 13.3. The quantitative estimate of drug-likeness (QED) is 0.855. The van der Waals surface area contributed by atoms with Gasteiger partial charge in [0.25, 0.3) is 5.56 Å². The fourth-order valence-electron chi connectivity index (χ4n) is 1.91. The summed E-state index contributed by atoms with van der Waals surface area (Å²) in [6.07, 6.45) is 1.57. The van der Waals surface area contributed by atoms with Gasteiger partial charge in [0.2, 0.25) is 0 Å². The van der Waals surface area contributed by atoms with E-state index in [1.165, 1.54) is 4.57 Å². The fraction of sp³-hybridized carbons (Fsp3) is 0.417. The molecule has 0 atom stereocenters. The predicted molar refractivity (Wildman–Crippen MR) is 67.8 cm³/mol. The molecule has 0 fully saturated rings. The number of hydrogen-bond donors (Lipinski definition) is 1. The van der Waals surface area contributed by atoms with Gasteiger partial charge in [-0.15, -0.1) is 0 Å². The highest BCUT2D eigenvalue weighted by atomic mass is 16.2. The van der Waals surface area contributed by atoms with Crippen LogP contribution in [0.3, 0.4) is 0 Å². The monoisotopic (exact) mass is 248 g/mol. The van der Waals surface area contributed by atoms with Crippen LogP contribution in [0.5, 0.6) is 0 Å². The van der Waals surface area contributed by atoms with Crippen molar-refractivity contribution in [3.63, 3.8) is 0 Å². The Bertz CT molecular complexity index is 678. The highest BCUT2D eigenvalue weighted by Crippen LogP contribution is 2.05. The smallest absolute Gasteiger partial charge is 0.294 e. The molecule has 6 nitrogen and oxygen atoms in total. The molecular formula is C12H16N4O2. The van der Waals surface area contributed by atoms with Gasteiger partial charge in [-0.05, 0) is 26.8 Å². The summed E-state index contributed by atoms with van der Waals surface area (Å²) in [7, 11) is 0. The second-order valence-electron chi connectivity index (χ2n) is 4.29. The molecule has 2 aromatic heterocycles. The molecule has 0 aliphatic carbocycles. The molecule has 0 unspecified atom stereocenters. The number of hydrogen-bond acceptors (Lipinski definition) is 3. The fourth-order valence-corrected chi connectivity index (χ4v) is 1.91. The summed E-state index contributed by atoms with van der Waals surface area (Å²) in [4.78, 5) is 25.3. The molecule has 96 valence electrons. The summed E-state index contributed by atoms with van der Waals surface area (Å²) in [6, 6.07) is 1.94. The molecule has 6 heteroatoms. The summed E-state index contributed by atoms with van der Waals surface area (Å²) in [5.74, 6) is 0. The molecule has 0 aliphatic rings. The van der Waals surface area contributed by atoms with Gasteiger partial charge < -0.3 is 0 Å². The number of nitrogens with zero attached hydrogens (tertiary/aromatic N) is 3. The van der Waals surface area contributed by atoms with Crippen molar-refractivity contribution in [3.8, 4) is 0 Å². The van der Waals surface area contributed by atoms with Crippen LogP contribution in [-0.4, -0.2) is 19.3 Å². The summed E-state index contributed by atoms with van der Waals surface area (Å²) in [5.41, 5.74) is 1.65. The first-order valence-electron chi connectivity index (χ1n) is 5.85. The Morgan fingerprint density at radius 1 is 1.33 bits per heavy atom. The summed E-state index contributed by atoms with van der Waals surface area (Å²) in [6.45, 7) is 6.75. The van der Waals surface area contributed by atoms with Crippen molar-refractivity contribution in [3.05, 3.63) is 50.1 Å². The third kappa shape index (κ3) is 2.27. The lowest BCUT2D eigenvalue weighted by atomic mass is 10.3. The van der Waals surface area contributed by atoms with Crippen LogP contribution in [0, 0.1) is 13.8 Å². The number of nitrogens with one attached hydrogen (secondary N) is 1. The lowest BCUT2D eigenvalue weighted by Gasteiger charge is -2.07. The van der Waals surface area contributed by atoms with Gasteiger partial charge >= 0.3 is 5.69 Å². The molecule has 0 aliphatic heterocycles. The molecule has 0 spiro atoms. The van der Waals surface area contributed by atoms with Crippen LogP contribution in [0.2, 0.25) is 0 Å². The number of aromatic nitrogens is 4. The molecular weight excluding hydrogens is 232 g/mol. The van der Waals surface area contributed by atoms with E-state index in [1.807, 2.05) is 24.6 Å². The summed E-state index contributed by atoms with van der Waals surface area (Å²) in [5, 5.41) is 4.32. The molecule has 18 heavy (non-hydrogen) atoms. The van der Waals surface area contributed by atoms with Crippen LogP contribution >= 0.6 is 0 Å². The van der Waals surface area contributed by atoms with Crippen LogP contribution in [-0.2, 0) is 13.1 Å². The van der Waals surface area contributed by atoms with Gasteiger partial charge in [-0.2, -0.15) is 5.10 Å². The molecule has 2 rings (SSSR count). The van der Waals surface area contributed by atoms with Crippen molar-refractivity contribution >= 4 is 0 Å². The van der Waals surface area contributed by atoms with Crippen LogP contribution < -0.4 is 11.2 Å². The van der Waals surface area contributed by atoms with Gasteiger partial charge in [-0.3, -0.25) is 19.0 Å². The highest BCUT2D eigenvalue weighted by Gasteiger charge is 2.07. The third-order valence-corrected chi connectivity index (χ3v) is 2.81. The number of aromatic amines is 1. The zero-order valence-electron chi connectivity index (χ0n) is 10.7. The first kappa shape index (κ1) is 12.3. The minimum Gasteiger partial charge on any atom is -0.294 e. The maximum absolute atomic E-state index is 11.7. The van der Waals surface area contributed by atoms with Crippen LogP contribution in [0.15, 0.2) is 21.9 Å². The lowest BCUT2D eigenvalue weighted by molar-refractivity contribution is 0.585. The van der Waals surface area contributed by atoms with Gasteiger partial charge in [-0.25, -0.2) is 4.79 Å². The van der Waals surface area contributed by atoms with E-state index in [0.29, 0.717) is 12.1 Å². The average molecular weight is 248 g/mol. The van der Waals surface area contributed by atoms with Gasteiger partial charge in [0.15, 0.2) is 0 Å². The number of H-pyrrole nitrogens is 1. The van der Waals surface area contributed by atoms with Crippen LogP contribution in [0.4, 0.5) is 0 Å². The van der Waals surface area contributed by atoms with Crippen molar-refractivity contribution < 1.29 is 0 Å². The topological polar surface area (TPSA) is 72.7 Å². The first-order chi connectivity index (χ1) is 8.51. The Labute approximate surface area is 104 Å². The normalized spacial score (nSPS) is 10.8. The molecule has 2 aromatic rings. The van der Waals surface area contributed by atoms with Crippen molar-refractivity contribution in [2.75, 3.05) is 0 Å². The maximum Gasteiger partial charge on any atom is 0.328 e. The molecule has 1 N–H and O–H groups in total. The second kappa shape index (κ2) is 4.64. The van der Waals surface area contributed by atoms with E-state index in [9.17, 15) is 9.59 Å². The zero-order valence-corrected chi connectivity index (χ0v) is 10.7. The van der Waals surface area contributed by atoms with Crippen molar-refractivity contribution in [1.29, 1.82) is 0 Å². The minimum atomic E-state index is -0.396. The Balaban J connectivity index is 2.42. The molecule has 0 saturated carbocycles. The van der Waals surface area contributed by atoms with E-state index in [2.05, 4.69) is 10.1 Å².